The minimum Gasteiger partial charge on any atom is -0.493 e. The van der Waals surface area contributed by atoms with E-state index in [1.807, 2.05) is 6.92 Å². The van der Waals surface area contributed by atoms with E-state index in [9.17, 15) is 9.59 Å². The maximum absolute atomic E-state index is 12.4. The van der Waals surface area contributed by atoms with Crippen molar-refractivity contribution in [2.75, 3.05) is 53.6 Å². The quantitative estimate of drug-likeness (QED) is 0.708. The second-order valence-corrected chi connectivity index (χ2v) is 6.68. The Kier molecular flexibility index (Phi) is 6.53. The molecule has 0 atom stereocenters. The highest BCUT2D eigenvalue weighted by Gasteiger charge is 2.18. The number of carbonyl (C=O) groups excluding carboxylic acids is 1. The van der Waals surface area contributed by atoms with Crippen molar-refractivity contribution in [2.24, 2.45) is 0 Å². The molecule has 0 bridgehead atoms. The number of nitrogens with one attached hydrogen (secondary N) is 1. The fourth-order valence-corrected chi connectivity index (χ4v) is 3.32. The third-order valence-electron chi connectivity index (χ3n) is 4.98. The van der Waals surface area contributed by atoms with Gasteiger partial charge in [-0.15, -0.1) is 0 Å². The number of morpholine rings is 1. The van der Waals surface area contributed by atoms with E-state index in [2.05, 4.69) is 10.2 Å². The Morgan fingerprint density at radius 1 is 1.18 bits per heavy atom. The summed E-state index contributed by atoms with van der Waals surface area (Å²) in [4.78, 5) is 27.0. The summed E-state index contributed by atoms with van der Waals surface area (Å²) < 4.78 is 21.3. The Balaban J connectivity index is 1.73. The number of aryl methyl sites for hydroxylation is 1. The zero-order valence-electron chi connectivity index (χ0n) is 16.5. The Hall–Kier alpha value is -2.58. The molecule has 0 saturated carbocycles. The van der Waals surface area contributed by atoms with E-state index < -0.39 is 5.63 Å². The molecule has 28 heavy (non-hydrogen) atoms. The minimum atomic E-state index is -0.513. The molecule has 8 nitrogen and oxygen atoms in total. The van der Waals surface area contributed by atoms with Gasteiger partial charge in [0.25, 0.3) is 0 Å². The first-order chi connectivity index (χ1) is 13.5. The van der Waals surface area contributed by atoms with Gasteiger partial charge in [0, 0.05) is 37.6 Å². The third kappa shape index (κ3) is 4.45. The van der Waals surface area contributed by atoms with Crippen LogP contribution in [0.2, 0.25) is 0 Å². The zero-order valence-corrected chi connectivity index (χ0v) is 16.5. The fraction of sp³-hybridized carbons (Fsp3) is 0.500. The largest absolute Gasteiger partial charge is 0.493 e. The standard InChI is InChI=1S/C20H26N2O6/c1-13-14-10-17(25-2)18(26-3)12-16(14)28-20(24)15(13)11-19(23)21-4-5-22-6-8-27-9-7-22/h10,12H,4-9,11H2,1-3H3,(H,21,23). The lowest BCUT2D eigenvalue weighted by molar-refractivity contribution is -0.120. The monoisotopic (exact) mass is 390 g/mol. The summed E-state index contributed by atoms with van der Waals surface area (Å²) in [5.74, 6) is 0.808. The van der Waals surface area contributed by atoms with E-state index >= 15 is 0 Å². The van der Waals surface area contributed by atoms with E-state index in [-0.39, 0.29) is 12.3 Å². The van der Waals surface area contributed by atoms with Gasteiger partial charge < -0.3 is 23.9 Å². The lowest BCUT2D eigenvalue weighted by atomic mass is 10.0. The van der Waals surface area contributed by atoms with Gasteiger partial charge in [-0.2, -0.15) is 0 Å². The Morgan fingerprint density at radius 2 is 1.86 bits per heavy atom. The van der Waals surface area contributed by atoms with Crippen molar-refractivity contribution < 1.29 is 23.4 Å². The number of amides is 1. The number of fused-ring (bicyclic) bond motifs is 1. The molecule has 152 valence electrons. The van der Waals surface area contributed by atoms with Crippen molar-refractivity contribution >= 4 is 16.9 Å². The van der Waals surface area contributed by atoms with Gasteiger partial charge in [0.05, 0.1) is 39.4 Å². The predicted octanol–water partition coefficient (Wildman–Crippen LogP) is 1.11. The molecule has 0 spiro atoms. The van der Waals surface area contributed by atoms with Crippen LogP contribution < -0.4 is 20.4 Å². The van der Waals surface area contributed by atoms with E-state index in [0.29, 0.717) is 40.1 Å². The highest BCUT2D eigenvalue weighted by Crippen LogP contribution is 2.33. The van der Waals surface area contributed by atoms with Crippen LogP contribution in [0.3, 0.4) is 0 Å². The van der Waals surface area contributed by atoms with Crippen LogP contribution >= 0.6 is 0 Å². The molecule has 8 heteroatoms. The normalized spacial score (nSPS) is 14.8. The Labute approximate surface area is 163 Å². The smallest absolute Gasteiger partial charge is 0.340 e. The van der Waals surface area contributed by atoms with Crippen LogP contribution in [0.5, 0.6) is 11.5 Å². The van der Waals surface area contributed by atoms with Gasteiger partial charge in [0.1, 0.15) is 5.58 Å². The van der Waals surface area contributed by atoms with Gasteiger partial charge >= 0.3 is 5.63 Å². The summed E-state index contributed by atoms with van der Waals surface area (Å²) in [5.41, 5.74) is 0.941. The average Bonchev–Trinajstić information content (AvgIpc) is 2.71. The fourth-order valence-electron chi connectivity index (χ4n) is 3.32. The second-order valence-electron chi connectivity index (χ2n) is 6.68. The Bertz CT molecular complexity index is 902. The molecule has 1 amide bonds. The topological polar surface area (TPSA) is 90.2 Å². The molecule has 1 fully saturated rings. The van der Waals surface area contributed by atoms with Crippen molar-refractivity contribution in [3.05, 3.63) is 33.7 Å². The number of hydrogen-bond donors (Lipinski definition) is 1. The molecule has 3 rings (SSSR count). The van der Waals surface area contributed by atoms with E-state index in [1.54, 1.807) is 19.2 Å². The molecule has 1 aromatic heterocycles. The van der Waals surface area contributed by atoms with Crippen molar-refractivity contribution in [3.8, 4) is 11.5 Å². The second kappa shape index (κ2) is 9.07. The van der Waals surface area contributed by atoms with Crippen LogP contribution in [0.4, 0.5) is 0 Å². The van der Waals surface area contributed by atoms with Crippen LogP contribution in [0.25, 0.3) is 11.0 Å². The van der Waals surface area contributed by atoms with Crippen LogP contribution in [-0.2, 0) is 16.0 Å². The number of ether oxygens (including phenoxy) is 3. The zero-order chi connectivity index (χ0) is 20.1. The van der Waals surface area contributed by atoms with Crippen molar-refractivity contribution in [2.45, 2.75) is 13.3 Å². The lowest BCUT2D eigenvalue weighted by Gasteiger charge is -2.26. The SMILES string of the molecule is COc1cc2oc(=O)c(CC(=O)NCCN3CCOCC3)c(C)c2cc1OC. The summed E-state index contributed by atoms with van der Waals surface area (Å²) in [5, 5.41) is 3.59. The maximum Gasteiger partial charge on any atom is 0.340 e. The third-order valence-corrected chi connectivity index (χ3v) is 4.98. The molecule has 1 N–H and O–H groups in total. The first-order valence-electron chi connectivity index (χ1n) is 9.28. The predicted molar refractivity (Wildman–Crippen MR) is 104 cm³/mol. The molecule has 0 aliphatic carbocycles. The number of nitrogens with zero attached hydrogens (tertiary/aromatic N) is 1. The highest BCUT2D eigenvalue weighted by molar-refractivity contribution is 5.86. The van der Waals surface area contributed by atoms with Gasteiger partial charge in [-0.05, 0) is 18.6 Å². The number of methoxy groups -OCH3 is 2. The molecule has 1 aliphatic rings. The van der Waals surface area contributed by atoms with Crippen molar-refractivity contribution in [1.82, 2.24) is 10.2 Å². The van der Waals surface area contributed by atoms with E-state index in [4.69, 9.17) is 18.6 Å². The molecular weight excluding hydrogens is 364 g/mol. The average molecular weight is 390 g/mol. The summed E-state index contributed by atoms with van der Waals surface area (Å²) in [6.45, 7) is 6.28. The van der Waals surface area contributed by atoms with Gasteiger partial charge in [-0.1, -0.05) is 0 Å². The number of benzene rings is 1. The summed E-state index contributed by atoms with van der Waals surface area (Å²) >= 11 is 0. The van der Waals surface area contributed by atoms with E-state index in [0.717, 1.165) is 32.8 Å². The van der Waals surface area contributed by atoms with Crippen molar-refractivity contribution in [1.29, 1.82) is 0 Å². The van der Waals surface area contributed by atoms with Crippen LogP contribution in [0.15, 0.2) is 21.3 Å². The number of rotatable bonds is 7. The highest BCUT2D eigenvalue weighted by atomic mass is 16.5. The van der Waals surface area contributed by atoms with Gasteiger partial charge in [0.2, 0.25) is 5.91 Å². The van der Waals surface area contributed by atoms with Gasteiger partial charge in [-0.25, -0.2) is 4.79 Å². The molecule has 1 aromatic carbocycles. The molecular formula is C20H26N2O6. The van der Waals surface area contributed by atoms with Crippen LogP contribution in [0, 0.1) is 6.92 Å². The maximum atomic E-state index is 12.4. The minimum absolute atomic E-state index is 0.0262. The summed E-state index contributed by atoms with van der Waals surface area (Å²) in [6, 6.07) is 3.38. The molecule has 1 saturated heterocycles. The van der Waals surface area contributed by atoms with Crippen LogP contribution in [-0.4, -0.2) is 64.4 Å². The number of hydrogen-bond acceptors (Lipinski definition) is 7. The summed E-state index contributed by atoms with van der Waals surface area (Å²) in [6.07, 6.45) is -0.0262. The van der Waals surface area contributed by atoms with Crippen molar-refractivity contribution in [3.63, 3.8) is 0 Å². The van der Waals surface area contributed by atoms with E-state index in [1.165, 1.54) is 7.11 Å². The first kappa shape index (κ1) is 20.2. The first-order valence-corrected chi connectivity index (χ1v) is 9.28. The Morgan fingerprint density at radius 3 is 2.54 bits per heavy atom. The molecule has 2 aromatic rings. The molecule has 2 heterocycles. The summed E-state index contributed by atoms with van der Waals surface area (Å²) in [7, 11) is 3.06. The van der Waals surface area contributed by atoms with Gasteiger partial charge in [0.15, 0.2) is 11.5 Å². The van der Waals surface area contributed by atoms with Gasteiger partial charge in [-0.3, -0.25) is 9.69 Å². The van der Waals surface area contributed by atoms with Crippen LogP contribution in [0.1, 0.15) is 11.1 Å². The molecule has 0 unspecified atom stereocenters. The molecule has 1 aliphatic heterocycles. The molecule has 0 radical (unpaired) electrons. The number of carbonyl (C=O) groups is 1. The lowest BCUT2D eigenvalue weighted by Crippen LogP contribution is -2.41.